The minimum absolute atomic E-state index is 0.329. The molecule has 1 N–H and O–H groups in total. The fourth-order valence-electron chi connectivity index (χ4n) is 3.69. The molecule has 0 aromatic heterocycles. The summed E-state index contributed by atoms with van der Waals surface area (Å²) < 4.78 is 10.7. The largest absolute Gasteiger partial charge is 0.493 e. The third kappa shape index (κ3) is 3.01. The summed E-state index contributed by atoms with van der Waals surface area (Å²) in [4.78, 5) is 2.58. The highest BCUT2D eigenvalue weighted by Gasteiger charge is 2.34. The quantitative estimate of drug-likeness (QED) is 0.903. The number of methoxy groups -OCH3 is 2. The van der Waals surface area contributed by atoms with Crippen LogP contribution >= 0.6 is 0 Å². The average Bonchev–Trinajstić information content (AvgIpc) is 2.55. The van der Waals surface area contributed by atoms with Crippen molar-refractivity contribution in [3.63, 3.8) is 0 Å². The number of hydrogen-bond acceptors (Lipinski definition) is 4. The molecule has 1 aromatic rings. The molecule has 4 nitrogen and oxygen atoms in total. The molecule has 3 fully saturated rings. The van der Waals surface area contributed by atoms with Gasteiger partial charge in [-0.15, -0.1) is 0 Å². The molecular weight excluding hydrogens is 264 g/mol. The van der Waals surface area contributed by atoms with Gasteiger partial charge >= 0.3 is 0 Å². The zero-order valence-corrected chi connectivity index (χ0v) is 13.3. The first-order valence-electron chi connectivity index (χ1n) is 7.91. The van der Waals surface area contributed by atoms with E-state index < -0.39 is 0 Å². The Morgan fingerprint density at radius 1 is 1.14 bits per heavy atom. The molecule has 0 amide bonds. The van der Waals surface area contributed by atoms with E-state index in [2.05, 4.69) is 29.3 Å². The van der Waals surface area contributed by atoms with Crippen molar-refractivity contribution in [2.45, 2.75) is 31.8 Å². The fourth-order valence-corrected chi connectivity index (χ4v) is 3.69. The lowest BCUT2D eigenvalue weighted by atomic mass is 9.83. The summed E-state index contributed by atoms with van der Waals surface area (Å²) in [5.74, 6) is 2.44. The molecular formula is C17H26N2O2. The average molecular weight is 290 g/mol. The van der Waals surface area contributed by atoms with Gasteiger partial charge in [-0.3, -0.25) is 0 Å². The lowest BCUT2D eigenvalue weighted by Gasteiger charge is -2.46. The van der Waals surface area contributed by atoms with Gasteiger partial charge in [0.25, 0.3) is 0 Å². The third-order valence-electron chi connectivity index (χ3n) is 5.03. The van der Waals surface area contributed by atoms with E-state index in [1.54, 1.807) is 14.2 Å². The molecule has 0 radical (unpaired) electrons. The van der Waals surface area contributed by atoms with Crippen LogP contribution in [0, 0.1) is 5.92 Å². The number of ether oxygens (including phenoxy) is 2. The second kappa shape index (κ2) is 6.24. The van der Waals surface area contributed by atoms with Crippen LogP contribution in [0.25, 0.3) is 0 Å². The van der Waals surface area contributed by atoms with Gasteiger partial charge in [0.05, 0.1) is 14.2 Å². The predicted octanol–water partition coefficient (Wildman–Crippen LogP) is 2.45. The van der Waals surface area contributed by atoms with Crippen molar-refractivity contribution in [2.24, 2.45) is 5.92 Å². The van der Waals surface area contributed by atoms with E-state index in [0.29, 0.717) is 12.1 Å². The van der Waals surface area contributed by atoms with E-state index in [1.807, 2.05) is 6.07 Å². The van der Waals surface area contributed by atoms with Crippen LogP contribution in [0.15, 0.2) is 18.2 Å². The van der Waals surface area contributed by atoms with E-state index in [4.69, 9.17) is 9.47 Å². The molecule has 0 saturated carbocycles. The summed E-state index contributed by atoms with van der Waals surface area (Å²) in [6.07, 6.45) is 2.69. The first kappa shape index (κ1) is 14.7. The van der Waals surface area contributed by atoms with Gasteiger partial charge < -0.3 is 19.7 Å². The number of nitrogens with zero attached hydrogens (tertiary/aromatic N) is 1. The third-order valence-corrected chi connectivity index (χ3v) is 5.03. The van der Waals surface area contributed by atoms with Gasteiger partial charge in [0, 0.05) is 18.6 Å². The number of nitrogens with one attached hydrogen (secondary N) is 1. The van der Waals surface area contributed by atoms with Crippen molar-refractivity contribution in [2.75, 3.05) is 33.9 Å². The first-order chi connectivity index (χ1) is 10.2. The van der Waals surface area contributed by atoms with E-state index in [1.165, 1.54) is 38.0 Å². The fraction of sp³-hybridized carbons (Fsp3) is 0.647. The number of rotatable bonds is 5. The molecule has 2 unspecified atom stereocenters. The van der Waals surface area contributed by atoms with Crippen LogP contribution < -0.4 is 14.8 Å². The lowest BCUT2D eigenvalue weighted by molar-refractivity contribution is 0.0680. The van der Waals surface area contributed by atoms with E-state index in [0.717, 1.165) is 17.4 Å². The minimum atomic E-state index is 0.329. The van der Waals surface area contributed by atoms with Gasteiger partial charge in [-0.1, -0.05) is 6.07 Å². The molecule has 4 heteroatoms. The molecule has 2 atom stereocenters. The van der Waals surface area contributed by atoms with Gasteiger partial charge in [0.2, 0.25) is 0 Å². The normalized spacial score (nSPS) is 29.2. The maximum atomic E-state index is 5.41. The highest BCUT2D eigenvalue weighted by molar-refractivity contribution is 5.43. The Bertz CT molecular complexity index is 484. The van der Waals surface area contributed by atoms with Crippen LogP contribution in [0.1, 0.15) is 31.4 Å². The molecule has 3 aliphatic rings. The molecule has 0 aliphatic carbocycles. The molecule has 0 spiro atoms. The Kier molecular flexibility index (Phi) is 4.36. The first-order valence-corrected chi connectivity index (χ1v) is 7.91. The van der Waals surface area contributed by atoms with Gasteiger partial charge in [-0.25, -0.2) is 0 Å². The maximum absolute atomic E-state index is 5.41. The van der Waals surface area contributed by atoms with Crippen molar-refractivity contribution in [3.8, 4) is 11.5 Å². The Morgan fingerprint density at radius 3 is 2.43 bits per heavy atom. The molecule has 3 saturated heterocycles. The van der Waals surface area contributed by atoms with Gasteiger partial charge in [0.15, 0.2) is 11.5 Å². The SMILES string of the molecule is COc1ccc(C(C)NC2CN3CCC2CC3)cc1OC. The van der Waals surface area contributed by atoms with Crippen LogP contribution in [-0.4, -0.2) is 44.8 Å². The van der Waals surface area contributed by atoms with Gasteiger partial charge in [0.1, 0.15) is 0 Å². The molecule has 4 rings (SSSR count). The number of piperidine rings is 3. The standard InChI is InChI=1S/C17H26N2O2/c1-12(14-4-5-16(20-2)17(10-14)21-3)18-15-11-19-8-6-13(15)7-9-19/h4-5,10,12-13,15,18H,6-9,11H2,1-3H3. The van der Waals surface area contributed by atoms with Crippen molar-refractivity contribution in [1.29, 1.82) is 0 Å². The summed E-state index contributed by atoms with van der Waals surface area (Å²) in [6, 6.07) is 7.15. The molecule has 1 aromatic carbocycles. The summed E-state index contributed by atoms with van der Waals surface area (Å²) in [5.41, 5.74) is 1.25. The summed E-state index contributed by atoms with van der Waals surface area (Å²) in [6.45, 7) is 6.00. The van der Waals surface area contributed by atoms with Crippen molar-refractivity contribution < 1.29 is 9.47 Å². The summed E-state index contributed by atoms with van der Waals surface area (Å²) in [5, 5.41) is 3.82. The second-order valence-corrected chi connectivity index (χ2v) is 6.25. The topological polar surface area (TPSA) is 33.7 Å². The summed E-state index contributed by atoms with van der Waals surface area (Å²) in [7, 11) is 3.36. The van der Waals surface area contributed by atoms with E-state index in [9.17, 15) is 0 Å². The molecule has 3 heterocycles. The maximum Gasteiger partial charge on any atom is 0.161 e. The van der Waals surface area contributed by atoms with Crippen molar-refractivity contribution >= 4 is 0 Å². The van der Waals surface area contributed by atoms with Crippen LogP contribution in [0.2, 0.25) is 0 Å². The Morgan fingerprint density at radius 2 is 1.86 bits per heavy atom. The number of hydrogen-bond donors (Lipinski definition) is 1. The zero-order valence-electron chi connectivity index (χ0n) is 13.3. The van der Waals surface area contributed by atoms with Crippen LogP contribution in [0.5, 0.6) is 11.5 Å². The molecule has 21 heavy (non-hydrogen) atoms. The van der Waals surface area contributed by atoms with Gasteiger partial charge in [-0.05, 0) is 56.5 Å². The number of benzene rings is 1. The zero-order chi connectivity index (χ0) is 14.8. The number of fused-ring (bicyclic) bond motifs is 3. The Labute approximate surface area is 127 Å². The smallest absolute Gasteiger partial charge is 0.161 e. The van der Waals surface area contributed by atoms with E-state index >= 15 is 0 Å². The van der Waals surface area contributed by atoms with E-state index in [-0.39, 0.29) is 0 Å². The second-order valence-electron chi connectivity index (χ2n) is 6.25. The van der Waals surface area contributed by atoms with Gasteiger partial charge in [-0.2, -0.15) is 0 Å². The van der Waals surface area contributed by atoms with Crippen molar-refractivity contribution in [3.05, 3.63) is 23.8 Å². The molecule has 3 aliphatic heterocycles. The van der Waals surface area contributed by atoms with Crippen molar-refractivity contribution in [1.82, 2.24) is 10.2 Å². The predicted molar refractivity (Wildman–Crippen MR) is 84.0 cm³/mol. The monoisotopic (exact) mass is 290 g/mol. The Hall–Kier alpha value is -1.26. The summed E-state index contributed by atoms with van der Waals surface area (Å²) >= 11 is 0. The highest BCUT2D eigenvalue weighted by Crippen LogP contribution is 2.32. The minimum Gasteiger partial charge on any atom is -0.493 e. The van der Waals surface area contributed by atoms with Crippen LogP contribution in [-0.2, 0) is 0 Å². The Balaban J connectivity index is 1.69. The highest BCUT2D eigenvalue weighted by atomic mass is 16.5. The molecule has 116 valence electrons. The lowest BCUT2D eigenvalue weighted by Crippen LogP contribution is -2.56. The molecule has 2 bridgehead atoms. The van der Waals surface area contributed by atoms with Crippen LogP contribution in [0.4, 0.5) is 0 Å². The van der Waals surface area contributed by atoms with Crippen LogP contribution in [0.3, 0.4) is 0 Å².